The molecule has 48 valence electrons. The van der Waals surface area contributed by atoms with Gasteiger partial charge in [-0.25, -0.2) is 0 Å². The Labute approximate surface area is 60.8 Å². The van der Waals surface area contributed by atoms with Gasteiger partial charge in [-0.2, -0.15) is 0 Å². The van der Waals surface area contributed by atoms with Crippen molar-refractivity contribution in [3.63, 3.8) is 0 Å². The van der Waals surface area contributed by atoms with Crippen LogP contribution in [0.4, 0.5) is 0 Å². The Morgan fingerprint density at radius 2 is 2.12 bits per heavy atom. The molecule has 0 aliphatic heterocycles. The molecule has 8 heavy (non-hydrogen) atoms. The third-order valence-electron chi connectivity index (χ3n) is 0.659. The second-order valence-corrected chi connectivity index (χ2v) is 2.82. The number of hydrogen-bond donors (Lipinski definition) is 2. The molecule has 0 aromatic heterocycles. The predicted molar refractivity (Wildman–Crippen MR) is 37.1 cm³/mol. The van der Waals surface area contributed by atoms with Crippen molar-refractivity contribution in [2.45, 2.75) is 17.0 Å². The van der Waals surface area contributed by atoms with E-state index in [9.17, 15) is 4.79 Å². The maximum atomic E-state index is 9.97. The van der Waals surface area contributed by atoms with Gasteiger partial charge in [0.05, 0.1) is 6.10 Å². The van der Waals surface area contributed by atoms with Gasteiger partial charge in [-0.05, 0) is 6.92 Å². The highest BCUT2D eigenvalue weighted by Crippen LogP contribution is 2.04. The van der Waals surface area contributed by atoms with E-state index < -0.39 is 16.0 Å². The van der Waals surface area contributed by atoms with Crippen molar-refractivity contribution in [1.82, 2.24) is 0 Å². The average Bonchev–Trinajstić information content (AvgIpc) is 1.64. The smallest absolute Gasteiger partial charge is 0.319 e. The van der Waals surface area contributed by atoms with Gasteiger partial charge in [0.1, 0.15) is 3.92 Å². The van der Waals surface area contributed by atoms with Crippen LogP contribution >= 0.6 is 22.6 Å². The molecule has 0 spiro atoms. The standard InChI is InChI=1S/C4H7IO3/c1-2(6)3(5)4(7)8/h2-3,6H,1H3,(H,7,8)/t2?,3-/m1/s1. The summed E-state index contributed by atoms with van der Waals surface area (Å²) in [6.07, 6.45) is -0.770. The van der Waals surface area contributed by atoms with Crippen LogP contribution < -0.4 is 0 Å². The van der Waals surface area contributed by atoms with E-state index in [-0.39, 0.29) is 0 Å². The number of aliphatic carboxylic acids is 1. The van der Waals surface area contributed by atoms with Crippen LogP contribution in [0, 0.1) is 0 Å². The molecule has 2 N–H and O–H groups in total. The van der Waals surface area contributed by atoms with Crippen molar-refractivity contribution in [2.75, 3.05) is 0 Å². The van der Waals surface area contributed by atoms with Gasteiger partial charge in [0.25, 0.3) is 0 Å². The molecular formula is C4H7IO3. The van der Waals surface area contributed by atoms with E-state index in [2.05, 4.69) is 0 Å². The molecule has 0 aromatic rings. The lowest BCUT2D eigenvalue weighted by Crippen LogP contribution is -2.24. The lowest BCUT2D eigenvalue weighted by Gasteiger charge is -2.04. The zero-order valence-corrected chi connectivity index (χ0v) is 6.49. The number of carboxylic acid groups (broad SMARTS) is 1. The normalized spacial score (nSPS) is 17.4. The minimum Gasteiger partial charge on any atom is -0.480 e. The van der Waals surface area contributed by atoms with Gasteiger partial charge in [-0.1, -0.05) is 22.6 Å². The molecule has 1 unspecified atom stereocenters. The fraction of sp³-hybridized carbons (Fsp3) is 0.750. The first-order valence-corrected chi connectivity index (χ1v) is 3.35. The van der Waals surface area contributed by atoms with Gasteiger partial charge in [-0.15, -0.1) is 0 Å². The molecular weight excluding hydrogens is 223 g/mol. The molecule has 0 saturated heterocycles. The van der Waals surface area contributed by atoms with Crippen LogP contribution in [-0.4, -0.2) is 26.2 Å². The molecule has 0 amide bonds. The summed E-state index contributed by atoms with van der Waals surface area (Å²) in [6.45, 7) is 1.45. The topological polar surface area (TPSA) is 57.5 Å². The third kappa shape index (κ3) is 2.46. The quantitative estimate of drug-likeness (QED) is 0.528. The first kappa shape index (κ1) is 8.16. The van der Waals surface area contributed by atoms with E-state index >= 15 is 0 Å². The zero-order valence-electron chi connectivity index (χ0n) is 4.34. The Bertz CT molecular complexity index is 91.3. The fourth-order valence-corrected chi connectivity index (χ4v) is 0.206. The summed E-state index contributed by atoms with van der Waals surface area (Å²) in [5, 5.41) is 16.8. The number of hydrogen-bond acceptors (Lipinski definition) is 2. The van der Waals surface area contributed by atoms with Gasteiger partial charge in [0, 0.05) is 0 Å². The minimum atomic E-state index is -0.972. The Morgan fingerprint density at radius 1 is 1.75 bits per heavy atom. The maximum Gasteiger partial charge on any atom is 0.319 e. The van der Waals surface area contributed by atoms with Crippen molar-refractivity contribution in [3.8, 4) is 0 Å². The molecule has 0 radical (unpaired) electrons. The summed E-state index contributed by atoms with van der Waals surface area (Å²) in [4.78, 5) is 9.97. The summed E-state index contributed by atoms with van der Waals surface area (Å²) in [7, 11) is 0. The Morgan fingerprint density at radius 3 is 2.12 bits per heavy atom. The second kappa shape index (κ2) is 3.24. The number of aliphatic hydroxyl groups excluding tert-OH is 1. The summed E-state index contributed by atoms with van der Waals surface area (Å²) in [5.41, 5.74) is 0. The monoisotopic (exact) mass is 230 g/mol. The minimum absolute atomic E-state index is 0.687. The van der Waals surface area contributed by atoms with E-state index in [1.54, 1.807) is 22.6 Å². The van der Waals surface area contributed by atoms with Crippen LogP contribution in [0.3, 0.4) is 0 Å². The Hall–Kier alpha value is 0.160. The molecule has 0 aliphatic rings. The van der Waals surface area contributed by atoms with Crippen LogP contribution in [0.25, 0.3) is 0 Å². The van der Waals surface area contributed by atoms with Gasteiger partial charge in [0.2, 0.25) is 0 Å². The lowest BCUT2D eigenvalue weighted by molar-refractivity contribution is -0.137. The van der Waals surface area contributed by atoms with Crippen LogP contribution in [0.2, 0.25) is 0 Å². The van der Waals surface area contributed by atoms with Crippen molar-refractivity contribution in [3.05, 3.63) is 0 Å². The van der Waals surface area contributed by atoms with Crippen LogP contribution in [-0.2, 0) is 4.79 Å². The molecule has 4 heteroatoms. The third-order valence-corrected chi connectivity index (χ3v) is 2.23. The number of carboxylic acids is 1. The lowest BCUT2D eigenvalue weighted by atomic mass is 10.3. The second-order valence-electron chi connectivity index (χ2n) is 1.48. The summed E-state index contributed by atoms with van der Waals surface area (Å²) >= 11 is 1.67. The number of rotatable bonds is 2. The largest absolute Gasteiger partial charge is 0.480 e. The van der Waals surface area contributed by atoms with Crippen molar-refractivity contribution < 1.29 is 15.0 Å². The summed E-state index contributed by atoms with van der Waals surface area (Å²) in [5.74, 6) is -0.972. The predicted octanol–water partition coefficient (Wildman–Crippen LogP) is 0.255. The number of aliphatic hydroxyl groups is 1. The van der Waals surface area contributed by atoms with E-state index in [4.69, 9.17) is 10.2 Å². The molecule has 0 rings (SSSR count). The highest BCUT2D eigenvalue weighted by atomic mass is 127. The molecule has 0 heterocycles. The average molecular weight is 230 g/mol. The van der Waals surface area contributed by atoms with Crippen LogP contribution in [0.5, 0.6) is 0 Å². The van der Waals surface area contributed by atoms with Crippen LogP contribution in [0.1, 0.15) is 6.92 Å². The highest BCUT2D eigenvalue weighted by molar-refractivity contribution is 14.1. The van der Waals surface area contributed by atoms with E-state index in [1.165, 1.54) is 6.92 Å². The van der Waals surface area contributed by atoms with E-state index in [0.29, 0.717) is 0 Å². The van der Waals surface area contributed by atoms with Crippen LogP contribution in [0.15, 0.2) is 0 Å². The number of halogens is 1. The molecule has 0 bridgehead atoms. The fourth-order valence-electron chi connectivity index (χ4n) is 0.206. The molecule has 2 atom stereocenters. The van der Waals surface area contributed by atoms with Gasteiger partial charge < -0.3 is 10.2 Å². The molecule has 0 aromatic carbocycles. The Kier molecular flexibility index (Phi) is 3.30. The molecule has 3 nitrogen and oxygen atoms in total. The summed E-state index contributed by atoms with van der Waals surface area (Å²) < 4.78 is -0.687. The maximum absolute atomic E-state index is 9.97. The van der Waals surface area contributed by atoms with Crippen molar-refractivity contribution in [2.24, 2.45) is 0 Å². The number of carbonyl (C=O) groups is 1. The van der Waals surface area contributed by atoms with Gasteiger partial charge in [0.15, 0.2) is 0 Å². The molecule has 0 aliphatic carbocycles. The van der Waals surface area contributed by atoms with E-state index in [1.807, 2.05) is 0 Å². The Balaban J connectivity index is 3.64. The SMILES string of the molecule is CC(O)[C@@H](I)C(=O)O. The summed E-state index contributed by atoms with van der Waals surface area (Å²) in [6, 6.07) is 0. The first-order chi connectivity index (χ1) is 3.55. The van der Waals surface area contributed by atoms with Crippen molar-refractivity contribution in [1.29, 1.82) is 0 Å². The molecule has 0 saturated carbocycles. The van der Waals surface area contributed by atoms with E-state index in [0.717, 1.165) is 0 Å². The highest BCUT2D eigenvalue weighted by Gasteiger charge is 2.17. The molecule has 0 fully saturated rings. The van der Waals surface area contributed by atoms with Crippen molar-refractivity contribution >= 4 is 28.6 Å². The first-order valence-electron chi connectivity index (χ1n) is 2.10. The number of alkyl halides is 1. The van der Waals surface area contributed by atoms with Gasteiger partial charge >= 0.3 is 5.97 Å². The zero-order chi connectivity index (χ0) is 6.73. The van der Waals surface area contributed by atoms with Gasteiger partial charge in [-0.3, -0.25) is 4.79 Å².